The normalized spacial score (nSPS) is 17.4. The number of hydrogen-bond donors (Lipinski definition) is 2. The Morgan fingerprint density at radius 1 is 1.12 bits per heavy atom. The second kappa shape index (κ2) is 7.27. The number of nitrogens with one attached hydrogen (secondary N) is 1. The van der Waals surface area contributed by atoms with Gasteiger partial charge in [0.15, 0.2) is 0 Å². The first-order chi connectivity index (χ1) is 12.7. The van der Waals surface area contributed by atoms with Crippen LogP contribution in [0.2, 0.25) is 0 Å². The van der Waals surface area contributed by atoms with Crippen molar-refractivity contribution in [3.05, 3.63) is 66.1 Å². The first kappa shape index (κ1) is 16.8. The molecule has 1 aromatic carbocycles. The highest BCUT2D eigenvalue weighted by Crippen LogP contribution is 2.29. The Bertz CT molecular complexity index is 885. The topological polar surface area (TPSA) is 72.5 Å². The molecule has 2 N–H and O–H groups in total. The van der Waals surface area contributed by atoms with Crippen LogP contribution in [0.1, 0.15) is 17.3 Å². The third kappa shape index (κ3) is 3.34. The molecule has 0 bridgehead atoms. The van der Waals surface area contributed by atoms with Crippen molar-refractivity contribution in [1.82, 2.24) is 19.8 Å². The molecule has 0 aliphatic carbocycles. The maximum absolute atomic E-state index is 12.0. The molecule has 1 saturated heterocycles. The zero-order valence-corrected chi connectivity index (χ0v) is 14.5. The van der Waals surface area contributed by atoms with E-state index in [9.17, 15) is 9.90 Å². The molecule has 134 valence electrons. The fourth-order valence-corrected chi connectivity index (χ4v) is 3.71. The van der Waals surface area contributed by atoms with Crippen molar-refractivity contribution >= 4 is 16.9 Å². The van der Waals surface area contributed by atoms with Gasteiger partial charge in [0, 0.05) is 61.6 Å². The van der Waals surface area contributed by atoms with Gasteiger partial charge in [-0.25, -0.2) is 0 Å². The van der Waals surface area contributed by atoms with Crippen LogP contribution in [-0.2, 0) is 11.3 Å². The number of piperazine rings is 1. The van der Waals surface area contributed by atoms with Gasteiger partial charge >= 0.3 is 5.97 Å². The Kier molecular flexibility index (Phi) is 4.69. The summed E-state index contributed by atoms with van der Waals surface area (Å²) in [7, 11) is 0. The molecular formula is C20H22N4O2. The first-order valence-corrected chi connectivity index (χ1v) is 8.87. The number of aliphatic carboxylic acids is 1. The highest BCUT2D eigenvalue weighted by atomic mass is 16.4. The Labute approximate surface area is 152 Å². The van der Waals surface area contributed by atoms with E-state index in [4.69, 9.17) is 0 Å². The van der Waals surface area contributed by atoms with Crippen molar-refractivity contribution < 1.29 is 9.90 Å². The Morgan fingerprint density at radius 3 is 2.62 bits per heavy atom. The molecule has 1 aliphatic rings. The van der Waals surface area contributed by atoms with Crippen molar-refractivity contribution in [1.29, 1.82) is 0 Å². The number of aromatic nitrogens is 2. The van der Waals surface area contributed by atoms with E-state index in [0.717, 1.165) is 54.9 Å². The Hall–Kier alpha value is -2.70. The summed E-state index contributed by atoms with van der Waals surface area (Å²) in [5.74, 6) is -0.798. The van der Waals surface area contributed by atoms with Gasteiger partial charge in [0.05, 0.1) is 5.69 Å². The van der Waals surface area contributed by atoms with Crippen molar-refractivity contribution in [3.63, 3.8) is 0 Å². The molecule has 26 heavy (non-hydrogen) atoms. The van der Waals surface area contributed by atoms with Gasteiger partial charge in [-0.15, -0.1) is 0 Å². The monoisotopic (exact) mass is 350 g/mol. The number of carboxylic acids is 1. The van der Waals surface area contributed by atoms with Gasteiger partial charge in [0.25, 0.3) is 0 Å². The molecule has 0 spiro atoms. The molecule has 1 aliphatic heterocycles. The fourth-order valence-electron chi connectivity index (χ4n) is 3.71. The molecule has 1 atom stereocenters. The van der Waals surface area contributed by atoms with E-state index in [1.807, 2.05) is 54.9 Å². The Morgan fingerprint density at radius 2 is 1.88 bits per heavy atom. The molecule has 0 saturated carbocycles. The molecular weight excluding hydrogens is 328 g/mol. The van der Waals surface area contributed by atoms with Crippen LogP contribution in [0.15, 0.2) is 54.9 Å². The van der Waals surface area contributed by atoms with Crippen LogP contribution in [-0.4, -0.2) is 57.0 Å². The predicted molar refractivity (Wildman–Crippen MR) is 99.8 cm³/mol. The average Bonchev–Trinajstić information content (AvgIpc) is 3.08. The lowest BCUT2D eigenvalue weighted by Gasteiger charge is -2.37. The smallest absolute Gasteiger partial charge is 0.325 e. The summed E-state index contributed by atoms with van der Waals surface area (Å²) < 4.78 is 0. The van der Waals surface area contributed by atoms with E-state index in [1.165, 1.54) is 0 Å². The average molecular weight is 350 g/mol. The lowest BCUT2D eigenvalue weighted by atomic mass is 10.0. The van der Waals surface area contributed by atoms with Gasteiger partial charge < -0.3 is 10.1 Å². The zero-order chi connectivity index (χ0) is 17.9. The second-order valence-electron chi connectivity index (χ2n) is 6.66. The maximum Gasteiger partial charge on any atom is 0.325 e. The number of rotatable bonds is 5. The number of hydrogen-bond acceptors (Lipinski definition) is 4. The molecule has 6 nitrogen and oxygen atoms in total. The van der Waals surface area contributed by atoms with Crippen molar-refractivity contribution in [3.8, 4) is 0 Å². The molecule has 3 heterocycles. The summed E-state index contributed by atoms with van der Waals surface area (Å²) in [5.41, 5.74) is 2.86. The highest BCUT2D eigenvalue weighted by Gasteiger charge is 2.32. The van der Waals surface area contributed by atoms with Gasteiger partial charge in [-0.2, -0.15) is 0 Å². The number of carbonyl (C=O) groups is 1. The van der Waals surface area contributed by atoms with E-state index in [-0.39, 0.29) is 0 Å². The van der Waals surface area contributed by atoms with Crippen LogP contribution < -0.4 is 0 Å². The third-order valence-electron chi connectivity index (χ3n) is 5.03. The third-order valence-corrected chi connectivity index (χ3v) is 5.03. The van der Waals surface area contributed by atoms with Crippen molar-refractivity contribution in [2.75, 3.05) is 26.2 Å². The van der Waals surface area contributed by atoms with Gasteiger partial charge in [-0.05, 0) is 18.2 Å². The predicted octanol–water partition coefficient (Wildman–Crippen LogP) is 2.51. The van der Waals surface area contributed by atoms with Crippen LogP contribution in [0.3, 0.4) is 0 Å². The molecule has 1 fully saturated rings. The minimum Gasteiger partial charge on any atom is -0.480 e. The van der Waals surface area contributed by atoms with Crippen LogP contribution >= 0.6 is 0 Å². The number of fused-ring (bicyclic) bond motifs is 1. The number of benzene rings is 1. The van der Waals surface area contributed by atoms with Crippen molar-refractivity contribution in [2.24, 2.45) is 0 Å². The van der Waals surface area contributed by atoms with Crippen LogP contribution in [0, 0.1) is 0 Å². The number of H-pyrrole nitrogens is 1. The molecule has 0 amide bonds. The van der Waals surface area contributed by atoms with E-state index >= 15 is 0 Å². The van der Waals surface area contributed by atoms with Crippen LogP contribution in [0.4, 0.5) is 0 Å². The maximum atomic E-state index is 12.0. The summed E-state index contributed by atoms with van der Waals surface area (Å²) in [4.78, 5) is 24.0. The van der Waals surface area contributed by atoms with E-state index in [1.54, 1.807) is 0 Å². The molecule has 1 unspecified atom stereocenters. The summed E-state index contributed by atoms with van der Waals surface area (Å²) >= 11 is 0. The number of aromatic amines is 1. The molecule has 6 heteroatoms. The summed E-state index contributed by atoms with van der Waals surface area (Å²) in [6.45, 7) is 3.93. The zero-order valence-electron chi connectivity index (χ0n) is 14.5. The lowest BCUT2D eigenvalue weighted by Crippen LogP contribution is -2.48. The van der Waals surface area contributed by atoms with Crippen LogP contribution in [0.5, 0.6) is 0 Å². The van der Waals surface area contributed by atoms with E-state index in [2.05, 4.69) is 19.8 Å². The summed E-state index contributed by atoms with van der Waals surface area (Å²) in [6, 6.07) is 13.2. The molecule has 4 rings (SSSR count). The summed E-state index contributed by atoms with van der Waals surface area (Å²) in [5, 5.41) is 10.9. The van der Waals surface area contributed by atoms with Gasteiger partial charge in [0.1, 0.15) is 6.04 Å². The number of carboxylic acid groups (broad SMARTS) is 1. The van der Waals surface area contributed by atoms with Gasteiger partial charge in [-0.3, -0.25) is 19.6 Å². The van der Waals surface area contributed by atoms with E-state index in [0.29, 0.717) is 0 Å². The highest BCUT2D eigenvalue weighted by molar-refractivity contribution is 5.89. The minimum atomic E-state index is -0.798. The second-order valence-corrected chi connectivity index (χ2v) is 6.66. The quantitative estimate of drug-likeness (QED) is 0.740. The minimum absolute atomic E-state index is 0.622. The summed E-state index contributed by atoms with van der Waals surface area (Å²) in [6.07, 6.45) is 3.65. The lowest BCUT2D eigenvalue weighted by molar-refractivity contribution is -0.144. The largest absolute Gasteiger partial charge is 0.480 e. The van der Waals surface area contributed by atoms with Gasteiger partial charge in [-0.1, -0.05) is 24.3 Å². The van der Waals surface area contributed by atoms with Gasteiger partial charge in [0.2, 0.25) is 0 Å². The Balaban J connectivity index is 1.48. The van der Waals surface area contributed by atoms with E-state index < -0.39 is 12.0 Å². The first-order valence-electron chi connectivity index (χ1n) is 8.87. The molecule has 0 radical (unpaired) electrons. The number of pyridine rings is 1. The number of nitrogens with zero attached hydrogens (tertiary/aromatic N) is 3. The SMILES string of the molecule is O=C(O)C(c1c[nH]c2ccccc12)N1CCN(Cc2ccccn2)CC1. The fraction of sp³-hybridized carbons (Fsp3) is 0.300. The number of para-hydroxylation sites is 1. The van der Waals surface area contributed by atoms with Crippen LogP contribution in [0.25, 0.3) is 10.9 Å². The molecule has 2 aromatic heterocycles. The molecule has 3 aromatic rings. The standard InChI is InChI=1S/C20H22N4O2/c25-20(26)19(17-13-22-18-7-2-1-6-16(17)18)24-11-9-23(10-12-24)14-15-5-3-4-8-21-15/h1-8,13,19,22H,9-12,14H2,(H,25,26). The van der Waals surface area contributed by atoms with Crippen molar-refractivity contribution in [2.45, 2.75) is 12.6 Å².